The molecule has 0 saturated carbocycles. The standard InChI is InChI=1S/C22H26N2O4/c1-14(2)15-3-5-16(6-4-15)21(27)23-18-7-9-24(10-8-18)22(28)17-11-19(25)13-20(26)12-17/h3-6,11-14,18,25-26H,7-10H2,1-2H3,(H,23,27). The fraction of sp³-hybridized carbons (Fsp3) is 0.364. The number of carbonyl (C=O) groups excluding carboxylic acids is 2. The third-order valence-corrected chi connectivity index (χ3v) is 5.11. The number of nitrogens with zero attached hydrogens (tertiary/aromatic N) is 1. The summed E-state index contributed by atoms with van der Waals surface area (Å²) in [5.41, 5.74) is 2.09. The molecule has 1 aliphatic rings. The van der Waals surface area contributed by atoms with E-state index in [0.29, 0.717) is 37.4 Å². The third-order valence-electron chi connectivity index (χ3n) is 5.11. The van der Waals surface area contributed by atoms with Crippen molar-refractivity contribution in [3.63, 3.8) is 0 Å². The van der Waals surface area contributed by atoms with Gasteiger partial charge >= 0.3 is 0 Å². The number of amides is 2. The van der Waals surface area contributed by atoms with Gasteiger partial charge in [0.05, 0.1) is 0 Å². The summed E-state index contributed by atoms with van der Waals surface area (Å²) in [5.74, 6) is -0.200. The highest BCUT2D eigenvalue weighted by Crippen LogP contribution is 2.23. The Balaban J connectivity index is 1.55. The number of likely N-dealkylation sites (tertiary alicyclic amines) is 1. The summed E-state index contributed by atoms with van der Waals surface area (Å²) in [6, 6.07) is 11.5. The minimum atomic E-state index is -0.236. The van der Waals surface area contributed by atoms with E-state index in [-0.39, 0.29) is 34.9 Å². The van der Waals surface area contributed by atoms with Crippen molar-refractivity contribution in [2.45, 2.75) is 38.6 Å². The van der Waals surface area contributed by atoms with E-state index >= 15 is 0 Å². The molecule has 1 heterocycles. The molecule has 3 rings (SSSR count). The highest BCUT2D eigenvalue weighted by atomic mass is 16.3. The van der Waals surface area contributed by atoms with Gasteiger partial charge in [-0.1, -0.05) is 26.0 Å². The molecular formula is C22H26N2O4. The first-order chi connectivity index (χ1) is 13.3. The van der Waals surface area contributed by atoms with Crippen LogP contribution in [0.2, 0.25) is 0 Å². The normalized spacial score (nSPS) is 14.9. The molecule has 6 heteroatoms. The molecule has 6 nitrogen and oxygen atoms in total. The van der Waals surface area contributed by atoms with Gasteiger partial charge < -0.3 is 20.4 Å². The van der Waals surface area contributed by atoms with Gasteiger partial charge in [-0.05, 0) is 48.6 Å². The molecule has 0 bridgehead atoms. The molecule has 2 aromatic carbocycles. The van der Waals surface area contributed by atoms with Crippen molar-refractivity contribution in [2.24, 2.45) is 0 Å². The van der Waals surface area contributed by atoms with Crippen LogP contribution in [0.1, 0.15) is 58.9 Å². The minimum Gasteiger partial charge on any atom is -0.508 e. The predicted octanol–water partition coefficient (Wildman–Crippen LogP) is 3.26. The Morgan fingerprint density at radius 2 is 1.54 bits per heavy atom. The summed E-state index contributed by atoms with van der Waals surface area (Å²) < 4.78 is 0. The second-order valence-electron chi connectivity index (χ2n) is 7.55. The highest BCUT2D eigenvalue weighted by Gasteiger charge is 2.25. The number of aromatic hydroxyl groups is 2. The quantitative estimate of drug-likeness (QED) is 0.757. The van der Waals surface area contributed by atoms with Gasteiger partial charge in [0, 0.05) is 36.3 Å². The summed E-state index contributed by atoms with van der Waals surface area (Å²) in [7, 11) is 0. The molecule has 1 aliphatic heterocycles. The van der Waals surface area contributed by atoms with Crippen molar-refractivity contribution in [1.82, 2.24) is 10.2 Å². The number of piperidine rings is 1. The van der Waals surface area contributed by atoms with E-state index in [1.165, 1.54) is 23.8 Å². The van der Waals surface area contributed by atoms with E-state index in [9.17, 15) is 19.8 Å². The van der Waals surface area contributed by atoms with E-state index in [2.05, 4.69) is 19.2 Å². The molecule has 1 fully saturated rings. The molecule has 28 heavy (non-hydrogen) atoms. The Morgan fingerprint density at radius 3 is 2.07 bits per heavy atom. The lowest BCUT2D eigenvalue weighted by Crippen LogP contribution is -2.46. The minimum absolute atomic E-state index is 0.0129. The maximum Gasteiger partial charge on any atom is 0.254 e. The van der Waals surface area contributed by atoms with Gasteiger partial charge in [-0.2, -0.15) is 0 Å². The lowest BCUT2D eigenvalue weighted by Gasteiger charge is -2.32. The van der Waals surface area contributed by atoms with Crippen molar-refractivity contribution < 1.29 is 19.8 Å². The van der Waals surface area contributed by atoms with Crippen LogP contribution in [0.5, 0.6) is 11.5 Å². The van der Waals surface area contributed by atoms with E-state index in [0.717, 1.165) is 0 Å². The van der Waals surface area contributed by atoms with E-state index < -0.39 is 0 Å². The Labute approximate surface area is 164 Å². The largest absolute Gasteiger partial charge is 0.508 e. The zero-order chi connectivity index (χ0) is 20.3. The van der Waals surface area contributed by atoms with E-state index in [4.69, 9.17) is 0 Å². The molecule has 0 aliphatic carbocycles. The second-order valence-corrected chi connectivity index (χ2v) is 7.55. The lowest BCUT2D eigenvalue weighted by molar-refractivity contribution is 0.0697. The SMILES string of the molecule is CC(C)c1ccc(C(=O)NC2CCN(C(=O)c3cc(O)cc(O)c3)CC2)cc1. The Hall–Kier alpha value is -3.02. The molecule has 0 spiro atoms. The first-order valence-corrected chi connectivity index (χ1v) is 9.56. The zero-order valence-electron chi connectivity index (χ0n) is 16.2. The van der Waals surface area contributed by atoms with Gasteiger partial charge in [0.2, 0.25) is 0 Å². The molecule has 148 valence electrons. The van der Waals surface area contributed by atoms with Crippen LogP contribution in [0.4, 0.5) is 0 Å². The molecular weight excluding hydrogens is 356 g/mol. The van der Waals surface area contributed by atoms with Crippen LogP contribution in [-0.2, 0) is 0 Å². The van der Waals surface area contributed by atoms with Crippen LogP contribution in [0.3, 0.4) is 0 Å². The average molecular weight is 382 g/mol. The number of benzene rings is 2. The fourth-order valence-corrected chi connectivity index (χ4v) is 3.42. The van der Waals surface area contributed by atoms with Crippen LogP contribution < -0.4 is 5.32 Å². The van der Waals surface area contributed by atoms with Gasteiger partial charge in [-0.3, -0.25) is 9.59 Å². The van der Waals surface area contributed by atoms with Crippen molar-refractivity contribution >= 4 is 11.8 Å². The number of phenols is 2. The molecule has 2 amide bonds. The summed E-state index contributed by atoms with van der Waals surface area (Å²) in [6.07, 6.45) is 1.32. The number of phenolic OH excluding ortho intramolecular Hbond substituents is 2. The monoisotopic (exact) mass is 382 g/mol. The molecule has 0 unspecified atom stereocenters. The topological polar surface area (TPSA) is 89.9 Å². The second kappa shape index (κ2) is 8.33. The summed E-state index contributed by atoms with van der Waals surface area (Å²) in [5, 5.41) is 22.2. The molecule has 2 aromatic rings. The number of carbonyl (C=O) groups is 2. The van der Waals surface area contributed by atoms with Crippen LogP contribution in [0, 0.1) is 0 Å². The number of hydrogen-bond donors (Lipinski definition) is 3. The zero-order valence-corrected chi connectivity index (χ0v) is 16.2. The molecule has 0 aromatic heterocycles. The first kappa shape index (κ1) is 19.7. The summed E-state index contributed by atoms with van der Waals surface area (Å²) in [6.45, 7) is 5.24. The van der Waals surface area contributed by atoms with Gasteiger partial charge in [-0.15, -0.1) is 0 Å². The van der Waals surface area contributed by atoms with Gasteiger partial charge in [0.1, 0.15) is 11.5 Å². The molecule has 0 radical (unpaired) electrons. The predicted molar refractivity (Wildman–Crippen MR) is 107 cm³/mol. The number of rotatable bonds is 4. The van der Waals surface area contributed by atoms with Gasteiger partial charge in [0.15, 0.2) is 0 Å². The van der Waals surface area contributed by atoms with E-state index in [1.807, 2.05) is 24.3 Å². The Morgan fingerprint density at radius 1 is 0.964 bits per heavy atom. The van der Waals surface area contributed by atoms with Gasteiger partial charge in [0.25, 0.3) is 11.8 Å². The van der Waals surface area contributed by atoms with Crippen molar-refractivity contribution in [3.8, 4) is 11.5 Å². The number of hydrogen-bond acceptors (Lipinski definition) is 4. The van der Waals surface area contributed by atoms with Crippen LogP contribution >= 0.6 is 0 Å². The Kier molecular flexibility index (Phi) is 5.87. The lowest BCUT2D eigenvalue weighted by atomic mass is 10.0. The van der Waals surface area contributed by atoms with Crippen LogP contribution in [-0.4, -0.2) is 46.1 Å². The first-order valence-electron chi connectivity index (χ1n) is 9.56. The van der Waals surface area contributed by atoms with Crippen LogP contribution in [0.15, 0.2) is 42.5 Å². The summed E-state index contributed by atoms with van der Waals surface area (Å²) >= 11 is 0. The molecule has 1 saturated heterocycles. The Bertz CT molecular complexity index is 833. The maximum atomic E-state index is 12.6. The third kappa shape index (κ3) is 4.63. The van der Waals surface area contributed by atoms with Crippen LogP contribution in [0.25, 0.3) is 0 Å². The smallest absolute Gasteiger partial charge is 0.254 e. The van der Waals surface area contributed by atoms with Crippen molar-refractivity contribution in [3.05, 3.63) is 59.2 Å². The molecule has 0 atom stereocenters. The fourth-order valence-electron chi connectivity index (χ4n) is 3.42. The van der Waals surface area contributed by atoms with Gasteiger partial charge in [-0.25, -0.2) is 0 Å². The molecule has 3 N–H and O–H groups in total. The van der Waals surface area contributed by atoms with Crippen molar-refractivity contribution in [1.29, 1.82) is 0 Å². The average Bonchev–Trinajstić information content (AvgIpc) is 2.67. The number of nitrogens with one attached hydrogen (secondary N) is 1. The summed E-state index contributed by atoms with van der Waals surface area (Å²) in [4.78, 5) is 26.7. The van der Waals surface area contributed by atoms with Crippen molar-refractivity contribution in [2.75, 3.05) is 13.1 Å². The van der Waals surface area contributed by atoms with E-state index in [1.54, 1.807) is 4.90 Å². The maximum absolute atomic E-state index is 12.6. The highest BCUT2D eigenvalue weighted by molar-refractivity contribution is 5.95.